The van der Waals surface area contributed by atoms with Gasteiger partial charge in [-0.1, -0.05) is 12.1 Å². The topological polar surface area (TPSA) is 36.4 Å². The molecule has 126 valence electrons. The number of aryl methyl sites for hydroxylation is 2. The van der Waals surface area contributed by atoms with Crippen LogP contribution in [0.1, 0.15) is 40.0 Å². The fourth-order valence-electron chi connectivity index (χ4n) is 3.20. The molecule has 0 radical (unpaired) electrons. The first-order valence-corrected chi connectivity index (χ1v) is 8.57. The molecule has 2 aromatic rings. The zero-order chi connectivity index (χ0) is 17.1. The van der Waals surface area contributed by atoms with E-state index in [4.69, 9.17) is 0 Å². The summed E-state index contributed by atoms with van der Waals surface area (Å²) in [6.07, 6.45) is 3.73. The lowest BCUT2D eigenvalue weighted by Gasteiger charge is -2.38. The Kier molecular flexibility index (Phi) is 4.95. The number of hydrogen-bond donors (Lipinski definition) is 0. The lowest BCUT2D eigenvalue weighted by molar-refractivity contribution is 0.0582. The Morgan fingerprint density at radius 2 is 1.83 bits per heavy atom. The molecule has 1 aromatic carbocycles. The van der Waals surface area contributed by atoms with Crippen LogP contribution in [0, 0.1) is 13.8 Å². The smallest absolute Gasteiger partial charge is 0.253 e. The molecule has 1 saturated heterocycles. The minimum Gasteiger partial charge on any atom is -0.336 e. The van der Waals surface area contributed by atoms with Crippen molar-refractivity contribution in [1.82, 2.24) is 14.8 Å². The number of aromatic nitrogens is 1. The zero-order valence-electron chi connectivity index (χ0n) is 14.7. The molecular weight excluding hydrogens is 298 g/mol. The van der Waals surface area contributed by atoms with Crippen molar-refractivity contribution in [3.63, 3.8) is 0 Å². The normalized spacial score (nSPS) is 16.9. The van der Waals surface area contributed by atoms with Gasteiger partial charge in [0, 0.05) is 50.2 Å². The first-order chi connectivity index (χ1) is 11.6. The highest BCUT2D eigenvalue weighted by Crippen LogP contribution is 2.21. The van der Waals surface area contributed by atoms with Gasteiger partial charge in [-0.15, -0.1) is 0 Å². The van der Waals surface area contributed by atoms with E-state index in [1.807, 2.05) is 35.4 Å². The fraction of sp³-hybridized carbons (Fsp3) is 0.400. The van der Waals surface area contributed by atoms with Crippen LogP contribution in [0.25, 0.3) is 0 Å². The highest BCUT2D eigenvalue weighted by atomic mass is 16.2. The van der Waals surface area contributed by atoms with E-state index >= 15 is 0 Å². The summed E-state index contributed by atoms with van der Waals surface area (Å²) in [7, 11) is 0. The van der Waals surface area contributed by atoms with Gasteiger partial charge in [-0.05, 0) is 55.7 Å². The van der Waals surface area contributed by atoms with Crippen molar-refractivity contribution in [2.24, 2.45) is 0 Å². The van der Waals surface area contributed by atoms with E-state index in [0.717, 1.165) is 31.7 Å². The SMILES string of the molecule is Cc1ccc(C(=O)N2CCN(C(C)c3cccnc3)CC2)cc1C. The Morgan fingerprint density at radius 1 is 1.08 bits per heavy atom. The minimum absolute atomic E-state index is 0.145. The van der Waals surface area contributed by atoms with E-state index in [-0.39, 0.29) is 5.91 Å². The molecule has 0 N–H and O–H groups in total. The fourth-order valence-corrected chi connectivity index (χ4v) is 3.20. The maximum Gasteiger partial charge on any atom is 0.253 e. The standard InChI is InChI=1S/C20H25N3O/c1-15-6-7-18(13-16(15)2)20(24)23-11-9-22(10-12-23)17(3)19-5-4-8-21-14-19/h4-8,13-14,17H,9-12H2,1-3H3. The van der Waals surface area contributed by atoms with Gasteiger partial charge in [-0.25, -0.2) is 0 Å². The molecule has 1 aliphatic heterocycles. The first-order valence-electron chi connectivity index (χ1n) is 8.57. The van der Waals surface area contributed by atoms with Gasteiger partial charge in [-0.2, -0.15) is 0 Å². The number of pyridine rings is 1. The molecule has 3 rings (SSSR count). The predicted octanol–water partition coefficient (Wildman–Crippen LogP) is 3.22. The van der Waals surface area contributed by atoms with Gasteiger partial charge < -0.3 is 4.90 Å². The predicted molar refractivity (Wildman–Crippen MR) is 96.0 cm³/mol. The van der Waals surface area contributed by atoms with Crippen LogP contribution >= 0.6 is 0 Å². The molecule has 2 heterocycles. The minimum atomic E-state index is 0.145. The molecule has 0 bridgehead atoms. The van der Waals surface area contributed by atoms with Gasteiger partial charge in [0.2, 0.25) is 0 Å². The third-order valence-electron chi connectivity index (χ3n) is 5.07. The van der Waals surface area contributed by atoms with Gasteiger partial charge in [0.15, 0.2) is 0 Å². The first kappa shape index (κ1) is 16.7. The molecule has 1 unspecified atom stereocenters. The molecule has 24 heavy (non-hydrogen) atoms. The number of nitrogens with zero attached hydrogens (tertiary/aromatic N) is 3. The summed E-state index contributed by atoms with van der Waals surface area (Å²) in [6.45, 7) is 9.67. The molecule has 1 atom stereocenters. The van der Waals surface area contributed by atoms with Crippen LogP contribution in [0.3, 0.4) is 0 Å². The molecule has 4 heteroatoms. The Balaban J connectivity index is 1.62. The van der Waals surface area contributed by atoms with Crippen LogP contribution in [-0.2, 0) is 0 Å². The van der Waals surface area contributed by atoms with Crippen molar-refractivity contribution in [2.75, 3.05) is 26.2 Å². The van der Waals surface area contributed by atoms with Crippen LogP contribution in [0.15, 0.2) is 42.7 Å². The van der Waals surface area contributed by atoms with Gasteiger partial charge in [0.05, 0.1) is 0 Å². The Hall–Kier alpha value is -2.20. The molecule has 1 fully saturated rings. The Labute approximate surface area is 144 Å². The lowest BCUT2D eigenvalue weighted by atomic mass is 10.0. The highest BCUT2D eigenvalue weighted by molar-refractivity contribution is 5.94. The zero-order valence-corrected chi connectivity index (χ0v) is 14.7. The van der Waals surface area contributed by atoms with Gasteiger partial charge >= 0.3 is 0 Å². The van der Waals surface area contributed by atoms with Crippen molar-refractivity contribution >= 4 is 5.91 Å². The largest absolute Gasteiger partial charge is 0.336 e. The highest BCUT2D eigenvalue weighted by Gasteiger charge is 2.25. The molecule has 0 aliphatic carbocycles. The number of carbonyl (C=O) groups excluding carboxylic acids is 1. The molecular formula is C20H25N3O. The van der Waals surface area contributed by atoms with Crippen molar-refractivity contribution in [2.45, 2.75) is 26.8 Å². The Bertz CT molecular complexity index is 706. The molecule has 4 nitrogen and oxygen atoms in total. The monoisotopic (exact) mass is 323 g/mol. The summed E-state index contributed by atoms with van der Waals surface area (Å²) in [5, 5.41) is 0. The second-order valence-corrected chi connectivity index (χ2v) is 6.59. The number of carbonyl (C=O) groups is 1. The molecule has 1 aromatic heterocycles. The number of benzene rings is 1. The van der Waals surface area contributed by atoms with Crippen LogP contribution in [0.2, 0.25) is 0 Å². The number of piperazine rings is 1. The van der Waals surface area contributed by atoms with Crippen molar-refractivity contribution in [1.29, 1.82) is 0 Å². The number of hydrogen-bond acceptors (Lipinski definition) is 3. The van der Waals surface area contributed by atoms with E-state index < -0.39 is 0 Å². The van der Waals surface area contributed by atoms with Gasteiger partial charge in [0.25, 0.3) is 5.91 Å². The third-order valence-corrected chi connectivity index (χ3v) is 5.07. The third kappa shape index (κ3) is 3.49. The molecule has 1 amide bonds. The quantitative estimate of drug-likeness (QED) is 0.870. The second-order valence-electron chi connectivity index (χ2n) is 6.59. The van der Waals surface area contributed by atoms with Crippen LogP contribution in [-0.4, -0.2) is 46.9 Å². The van der Waals surface area contributed by atoms with Crippen LogP contribution in [0.5, 0.6) is 0 Å². The molecule has 0 saturated carbocycles. The molecule has 1 aliphatic rings. The van der Waals surface area contributed by atoms with E-state index in [1.165, 1.54) is 16.7 Å². The average molecular weight is 323 g/mol. The van der Waals surface area contributed by atoms with Crippen molar-refractivity contribution in [3.05, 3.63) is 65.0 Å². The van der Waals surface area contributed by atoms with E-state index in [0.29, 0.717) is 6.04 Å². The number of rotatable bonds is 3. The summed E-state index contributed by atoms with van der Waals surface area (Å²) in [6, 6.07) is 10.4. The maximum absolute atomic E-state index is 12.7. The summed E-state index contributed by atoms with van der Waals surface area (Å²) in [5.74, 6) is 0.145. The van der Waals surface area contributed by atoms with Crippen LogP contribution < -0.4 is 0 Å². The summed E-state index contributed by atoms with van der Waals surface area (Å²) in [4.78, 5) is 21.3. The summed E-state index contributed by atoms with van der Waals surface area (Å²) in [5.41, 5.74) is 4.42. The summed E-state index contributed by atoms with van der Waals surface area (Å²) < 4.78 is 0. The van der Waals surface area contributed by atoms with Gasteiger partial charge in [0.1, 0.15) is 0 Å². The number of amides is 1. The summed E-state index contributed by atoms with van der Waals surface area (Å²) >= 11 is 0. The Morgan fingerprint density at radius 3 is 2.46 bits per heavy atom. The van der Waals surface area contributed by atoms with Gasteiger partial charge in [-0.3, -0.25) is 14.7 Å². The van der Waals surface area contributed by atoms with E-state index in [9.17, 15) is 4.79 Å². The second kappa shape index (κ2) is 7.14. The maximum atomic E-state index is 12.7. The van der Waals surface area contributed by atoms with Crippen molar-refractivity contribution < 1.29 is 4.79 Å². The van der Waals surface area contributed by atoms with E-state index in [2.05, 4.69) is 36.7 Å². The van der Waals surface area contributed by atoms with Crippen molar-refractivity contribution in [3.8, 4) is 0 Å². The van der Waals surface area contributed by atoms with Crippen LogP contribution in [0.4, 0.5) is 0 Å². The lowest BCUT2D eigenvalue weighted by Crippen LogP contribution is -2.49. The molecule has 0 spiro atoms. The van der Waals surface area contributed by atoms with E-state index in [1.54, 1.807) is 6.20 Å². The average Bonchev–Trinajstić information content (AvgIpc) is 2.63.